The quantitative estimate of drug-likeness (QED) is 0.367. The van der Waals surface area contributed by atoms with Crippen molar-refractivity contribution < 1.29 is 5.11 Å². The number of phenols is 1. The molecule has 0 radical (unpaired) electrons. The molecule has 0 saturated carbocycles. The van der Waals surface area contributed by atoms with Crippen molar-refractivity contribution in [1.29, 1.82) is 0 Å². The number of aromatic hydroxyl groups is 1. The first-order valence-electron chi connectivity index (χ1n) is 9.34. The Morgan fingerprint density at radius 3 is 2.52 bits per heavy atom. The number of nitrogens with one attached hydrogen (secondary N) is 1. The molecule has 31 heavy (non-hydrogen) atoms. The van der Waals surface area contributed by atoms with Gasteiger partial charge in [-0.2, -0.15) is 10.1 Å². The molecule has 0 atom stereocenters. The Hall–Kier alpha value is -3.85. The summed E-state index contributed by atoms with van der Waals surface area (Å²) in [6.07, 6.45) is 1.44. The van der Waals surface area contributed by atoms with Gasteiger partial charge in [0.1, 0.15) is 5.75 Å². The SMILES string of the molecule is Cn1c(=O)c2c(nc(NN=Cc3ccccc3O)n2Cc2ccc(Cl)cc2)n(C)c1=O. The summed E-state index contributed by atoms with van der Waals surface area (Å²) in [6.45, 7) is 0.301. The van der Waals surface area contributed by atoms with Crippen LogP contribution in [0.25, 0.3) is 11.2 Å². The van der Waals surface area contributed by atoms with E-state index in [0.717, 1.165) is 10.1 Å². The van der Waals surface area contributed by atoms with Gasteiger partial charge in [-0.05, 0) is 29.8 Å². The lowest BCUT2D eigenvalue weighted by molar-refractivity contribution is 0.474. The summed E-state index contributed by atoms with van der Waals surface area (Å²) in [5, 5.41) is 14.6. The molecule has 2 aromatic heterocycles. The number of hydrazone groups is 1. The minimum Gasteiger partial charge on any atom is -0.507 e. The summed E-state index contributed by atoms with van der Waals surface area (Å²) in [5.41, 5.74) is 3.79. The molecule has 2 heterocycles. The van der Waals surface area contributed by atoms with Crippen molar-refractivity contribution in [2.45, 2.75) is 6.54 Å². The minimum atomic E-state index is -0.474. The van der Waals surface area contributed by atoms with E-state index in [0.29, 0.717) is 17.1 Å². The van der Waals surface area contributed by atoms with Gasteiger partial charge in [-0.15, -0.1) is 0 Å². The number of aryl methyl sites for hydroxylation is 1. The smallest absolute Gasteiger partial charge is 0.332 e. The number of hydrogen-bond donors (Lipinski definition) is 2. The van der Waals surface area contributed by atoms with Gasteiger partial charge in [0, 0.05) is 24.7 Å². The van der Waals surface area contributed by atoms with E-state index in [-0.39, 0.29) is 22.9 Å². The molecule has 0 saturated heterocycles. The van der Waals surface area contributed by atoms with Crippen molar-refractivity contribution in [2.75, 3.05) is 5.43 Å². The van der Waals surface area contributed by atoms with Crippen molar-refractivity contribution in [3.05, 3.63) is 85.5 Å². The highest BCUT2D eigenvalue weighted by molar-refractivity contribution is 6.30. The second-order valence-electron chi connectivity index (χ2n) is 6.95. The third-order valence-corrected chi connectivity index (χ3v) is 5.16. The van der Waals surface area contributed by atoms with Gasteiger partial charge in [-0.1, -0.05) is 35.9 Å². The van der Waals surface area contributed by atoms with Gasteiger partial charge in [-0.25, -0.2) is 10.2 Å². The average Bonchev–Trinajstić information content (AvgIpc) is 3.12. The van der Waals surface area contributed by atoms with Crippen LogP contribution >= 0.6 is 11.6 Å². The highest BCUT2D eigenvalue weighted by Crippen LogP contribution is 2.19. The number of phenolic OH excluding ortho intramolecular Hbond substituents is 1. The topological polar surface area (TPSA) is 106 Å². The number of benzene rings is 2. The normalized spacial score (nSPS) is 11.5. The molecule has 4 aromatic rings. The van der Waals surface area contributed by atoms with Crippen LogP contribution in [0.4, 0.5) is 5.95 Å². The van der Waals surface area contributed by atoms with E-state index in [1.165, 1.54) is 17.8 Å². The minimum absolute atomic E-state index is 0.0824. The number of anilines is 1. The highest BCUT2D eigenvalue weighted by Gasteiger charge is 2.19. The molecule has 0 bridgehead atoms. The molecule has 0 fully saturated rings. The molecule has 0 spiro atoms. The Labute approximate surface area is 181 Å². The summed E-state index contributed by atoms with van der Waals surface area (Å²) in [4.78, 5) is 29.7. The predicted molar refractivity (Wildman–Crippen MR) is 120 cm³/mol. The molecule has 0 unspecified atom stereocenters. The fourth-order valence-corrected chi connectivity index (χ4v) is 3.34. The maximum atomic E-state index is 12.9. The van der Waals surface area contributed by atoms with E-state index in [1.54, 1.807) is 48.0 Å². The number of fused-ring (bicyclic) bond motifs is 1. The first kappa shape index (κ1) is 20.4. The zero-order valence-electron chi connectivity index (χ0n) is 16.8. The van der Waals surface area contributed by atoms with Crippen LogP contribution in [0, 0.1) is 0 Å². The number of halogens is 1. The van der Waals surface area contributed by atoms with Crippen molar-refractivity contribution in [3.63, 3.8) is 0 Å². The summed E-state index contributed by atoms with van der Waals surface area (Å²) in [5.74, 6) is 0.355. The number of imidazole rings is 1. The predicted octanol–water partition coefficient (Wildman–Crippen LogP) is 2.29. The van der Waals surface area contributed by atoms with E-state index in [2.05, 4.69) is 15.5 Å². The Balaban J connectivity index is 1.83. The maximum absolute atomic E-state index is 12.9. The first-order valence-corrected chi connectivity index (χ1v) is 9.72. The van der Waals surface area contributed by atoms with Crippen LogP contribution in [-0.2, 0) is 20.6 Å². The van der Waals surface area contributed by atoms with E-state index >= 15 is 0 Å². The third kappa shape index (κ3) is 3.82. The van der Waals surface area contributed by atoms with E-state index < -0.39 is 11.2 Å². The molecule has 4 rings (SSSR count). The van der Waals surface area contributed by atoms with E-state index in [9.17, 15) is 14.7 Å². The van der Waals surface area contributed by atoms with Crippen molar-refractivity contribution in [1.82, 2.24) is 18.7 Å². The third-order valence-electron chi connectivity index (χ3n) is 4.91. The van der Waals surface area contributed by atoms with Gasteiger partial charge in [0.15, 0.2) is 11.2 Å². The van der Waals surface area contributed by atoms with Crippen molar-refractivity contribution in [2.24, 2.45) is 19.2 Å². The summed E-state index contributed by atoms with van der Waals surface area (Å²) in [6, 6.07) is 13.9. The number of hydrogen-bond acceptors (Lipinski definition) is 6. The van der Waals surface area contributed by atoms with Crippen molar-refractivity contribution in [3.8, 4) is 5.75 Å². The highest BCUT2D eigenvalue weighted by atomic mass is 35.5. The molecule has 2 aromatic carbocycles. The molecule has 2 N–H and O–H groups in total. The second kappa shape index (κ2) is 8.11. The maximum Gasteiger partial charge on any atom is 0.332 e. The van der Waals surface area contributed by atoms with Crippen LogP contribution in [0.1, 0.15) is 11.1 Å². The Morgan fingerprint density at radius 2 is 1.81 bits per heavy atom. The summed E-state index contributed by atoms with van der Waals surface area (Å²) >= 11 is 5.98. The number of aromatic nitrogens is 4. The molecule has 10 heteroatoms. The molecule has 0 aliphatic heterocycles. The first-order chi connectivity index (χ1) is 14.9. The number of rotatable bonds is 5. The van der Waals surface area contributed by atoms with Gasteiger partial charge >= 0.3 is 5.69 Å². The van der Waals surface area contributed by atoms with Gasteiger partial charge in [0.05, 0.1) is 12.8 Å². The molecular weight excluding hydrogens is 420 g/mol. The fourth-order valence-electron chi connectivity index (χ4n) is 3.21. The van der Waals surface area contributed by atoms with Crippen LogP contribution < -0.4 is 16.7 Å². The molecule has 0 aliphatic carbocycles. The van der Waals surface area contributed by atoms with Crippen molar-refractivity contribution >= 4 is 34.9 Å². The number of para-hydroxylation sites is 1. The zero-order chi connectivity index (χ0) is 22.1. The van der Waals surface area contributed by atoms with Crippen LogP contribution in [0.5, 0.6) is 5.75 Å². The summed E-state index contributed by atoms with van der Waals surface area (Å²) < 4.78 is 4.01. The fraction of sp³-hybridized carbons (Fsp3) is 0.143. The van der Waals surface area contributed by atoms with Crippen LogP contribution in [0.15, 0.2) is 63.2 Å². The Bertz CT molecular complexity index is 1420. The monoisotopic (exact) mass is 438 g/mol. The Kier molecular flexibility index (Phi) is 5.35. The largest absolute Gasteiger partial charge is 0.507 e. The van der Waals surface area contributed by atoms with E-state index in [1.807, 2.05) is 12.1 Å². The zero-order valence-corrected chi connectivity index (χ0v) is 17.5. The van der Waals surface area contributed by atoms with E-state index in [4.69, 9.17) is 11.6 Å². The standard InChI is InChI=1S/C21H19ClN6O3/c1-26-18-17(19(30)27(2)21(26)31)28(12-13-7-9-15(22)10-8-13)20(24-18)25-23-11-14-5-3-4-6-16(14)29/h3-11,29H,12H2,1-2H3,(H,24,25). The van der Waals surface area contributed by atoms with Crippen LogP contribution in [0.2, 0.25) is 5.02 Å². The molecule has 158 valence electrons. The second-order valence-corrected chi connectivity index (χ2v) is 7.39. The van der Waals surface area contributed by atoms with Crippen LogP contribution in [-0.4, -0.2) is 30.0 Å². The molecular formula is C21H19ClN6O3. The molecule has 0 aliphatic rings. The lowest BCUT2D eigenvalue weighted by Gasteiger charge is -2.09. The Morgan fingerprint density at radius 1 is 1.10 bits per heavy atom. The lowest BCUT2D eigenvalue weighted by atomic mass is 10.2. The van der Waals surface area contributed by atoms with Gasteiger partial charge in [0.25, 0.3) is 5.56 Å². The van der Waals surface area contributed by atoms with Crippen LogP contribution in [0.3, 0.4) is 0 Å². The van der Waals surface area contributed by atoms with Gasteiger partial charge in [0.2, 0.25) is 5.95 Å². The summed E-state index contributed by atoms with van der Waals surface area (Å²) in [7, 11) is 2.98. The lowest BCUT2D eigenvalue weighted by Crippen LogP contribution is -2.37. The average molecular weight is 439 g/mol. The molecule has 9 nitrogen and oxygen atoms in total. The van der Waals surface area contributed by atoms with Gasteiger partial charge in [-0.3, -0.25) is 18.5 Å². The molecule has 0 amide bonds. The number of nitrogens with zero attached hydrogens (tertiary/aromatic N) is 5. The van der Waals surface area contributed by atoms with Gasteiger partial charge < -0.3 is 5.11 Å².